The summed E-state index contributed by atoms with van der Waals surface area (Å²) < 4.78 is 15.8. The summed E-state index contributed by atoms with van der Waals surface area (Å²) in [6.45, 7) is 3.16. The summed E-state index contributed by atoms with van der Waals surface area (Å²) in [6.07, 6.45) is 1.44. The molecule has 2 amide bonds. The van der Waals surface area contributed by atoms with E-state index in [1.165, 1.54) is 17.6 Å². The number of rotatable bonds is 6. The van der Waals surface area contributed by atoms with Crippen LogP contribution in [0.2, 0.25) is 0 Å². The number of hydrogen-bond donors (Lipinski definition) is 1. The lowest BCUT2D eigenvalue weighted by molar-refractivity contribution is 0.0757. The standard InChI is InChI=1S/C20H18N2O5S/c1-2-22(11-13-5-6-14-16(10-13)27-12-26-14)20(24)17-7-8-18(28-17)21-19(23)15-4-3-9-25-15/h3-10H,2,11-12H2,1H3,(H,21,23). The molecule has 1 aliphatic rings. The number of hydrogen-bond acceptors (Lipinski definition) is 6. The first-order valence-electron chi connectivity index (χ1n) is 8.76. The lowest BCUT2D eigenvalue weighted by Crippen LogP contribution is -2.29. The number of amides is 2. The normalized spacial score (nSPS) is 12.0. The Balaban J connectivity index is 1.44. The van der Waals surface area contributed by atoms with Gasteiger partial charge in [-0.05, 0) is 48.9 Å². The van der Waals surface area contributed by atoms with Crippen molar-refractivity contribution in [1.82, 2.24) is 4.90 Å². The molecule has 1 aliphatic heterocycles. The maximum absolute atomic E-state index is 12.9. The number of nitrogens with zero attached hydrogens (tertiary/aromatic N) is 1. The van der Waals surface area contributed by atoms with Crippen LogP contribution in [0.5, 0.6) is 11.5 Å². The summed E-state index contributed by atoms with van der Waals surface area (Å²) in [5.74, 6) is 1.19. The van der Waals surface area contributed by atoms with Gasteiger partial charge in [0.05, 0.1) is 16.1 Å². The van der Waals surface area contributed by atoms with E-state index < -0.39 is 0 Å². The van der Waals surface area contributed by atoms with Crippen molar-refractivity contribution in [2.24, 2.45) is 0 Å². The van der Waals surface area contributed by atoms with E-state index in [9.17, 15) is 9.59 Å². The molecular formula is C20H18N2O5S. The molecule has 0 saturated carbocycles. The van der Waals surface area contributed by atoms with E-state index in [-0.39, 0.29) is 24.4 Å². The van der Waals surface area contributed by atoms with E-state index in [1.54, 1.807) is 29.2 Å². The fraction of sp³-hybridized carbons (Fsp3) is 0.200. The Morgan fingerprint density at radius 3 is 2.79 bits per heavy atom. The van der Waals surface area contributed by atoms with Gasteiger partial charge in [-0.25, -0.2) is 0 Å². The van der Waals surface area contributed by atoms with Gasteiger partial charge in [-0.2, -0.15) is 0 Å². The van der Waals surface area contributed by atoms with Gasteiger partial charge < -0.3 is 24.1 Å². The summed E-state index contributed by atoms with van der Waals surface area (Å²) >= 11 is 1.23. The molecule has 2 aromatic heterocycles. The highest BCUT2D eigenvalue weighted by Crippen LogP contribution is 2.33. The Kier molecular flexibility index (Phi) is 5.03. The first kappa shape index (κ1) is 18.1. The minimum absolute atomic E-state index is 0.0938. The fourth-order valence-electron chi connectivity index (χ4n) is 2.84. The van der Waals surface area contributed by atoms with Crippen molar-refractivity contribution in [3.05, 3.63) is 64.9 Å². The molecule has 3 aromatic rings. The van der Waals surface area contributed by atoms with Crippen molar-refractivity contribution in [2.45, 2.75) is 13.5 Å². The van der Waals surface area contributed by atoms with Crippen LogP contribution in [0, 0.1) is 0 Å². The molecule has 0 aliphatic carbocycles. The van der Waals surface area contributed by atoms with Crippen LogP contribution in [0.25, 0.3) is 0 Å². The van der Waals surface area contributed by atoms with Crippen LogP contribution in [-0.4, -0.2) is 30.1 Å². The first-order valence-corrected chi connectivity index (χ1v) is 9.58. The second-order valence-corrected chi connectivity index (χ2v) is 7.19. The van der Waals surface area contributed by atoms with E-state index in [2.05, 4.69) is 5.32 Å². The van der Waals surface area contributed by atoms with Crippen molar-refractivity contribution in [1.29, 1.82) is 0 Å². The second kappa shape index (κ2) is 7.77. The quantitative estimate of drug-likeness (QED) is 0.679. The summed E-state index contributed by atoms with van der Waals surface area (Å²) in [5.41, 5.74) is 0.961. The summed E-state index contributed by atoms with van der Waals surface area (Å²) in [7, 11) is 0. The van der Waals surface area contributed by atoms with Crippen molar-refractivity contribution < 1.29 is 23.5 Å². The SMILES string of the molecule is CCN(Cc1ccc2c(c1)OCO2)C(=O)c1ccc(NC(=O)c2ccco2)s1. The number of fused-ring (bicyclic) bond motifs is 1. The zero-order valence-corrected chi connectivity index (χ0v) is 16.0. The summed E-state index contributed by atoms with van der Waals surface area (Å²) in [6, 6.07) is 12.3. The number of anilines is 1. The van der Waals surface area contributed by atoms with Gasteiger partial charge in [0.1, 0.15) is 0 Å². The Labute approximate surface area is 165 Å². The molecule has 3 heterocycles. The van der Waals surface area contributed by atoms with Crippen LogP contribution in [0.15, 0.2) is 53.1 Å². The maximum atomic E-state index is 12.9. The number of carbonyl (C=O) groups excluding carboxylic acids is 2. The third kappa shape index (κ3) is 3.72. The smallest absolute Gasteiger partial charge is 0.291 e. The largest absolute Gasteiger partial charge is 0.459 e. The molecule has 8 heteroatoms. The van der Waals surface area contributed by atoms with E-state index in [4.69, 9.17) is 13.9 Å². The molecular weight excluding hydrogens is 380 g/mol. The molecule has 0 radical (unpaired) electrons. The highest BCUT2D eigenvalue weighted by Gasteiger charge is 2.20. The van der Waals surface area contributed by atoms with Gasteiger partial charge in [0, 0.05) is 13.1 Å². The third-order valence-corrected chi connectivity index (χ3v) is 5.27. The molecule has 1 aromatic carbocycles. The van der Waals surface area contributed by atoms with Gasteiger partial charge in [0.2, 0.25) is 6.79 Å². The zero-order valence-electron chi connectivity index (χ0n) is 15.1. The summed E-state index contributed by atoms with van der Waals surface area (Å²) in [5, 5.41) is 3.33. The predicted molar refractivity (Wildman–Crippen MR) is 104 cm³/mol. The van der Waals surface area contributed by atoms with Crippen LogP contribution in [0.3, 0.4) is 0 Å². The summed E-state index contributed by atoms with van der Waals surface area (Å²) in [4.78, 5) is 27.2. The van der Waals surface area contributed by atoms with Crippen molar-refractivity contribution >= 4 is 28.2 Å². The van der Waals surface area contributed by atoms with Gasteiger partial charge in [0.25, 0.3) is 11.8 Å². The lowest BCUT2D eigenvalue weighted by Gasteiger charge is -2.20. The highest BCUT2D eigenvalue weighted by molar-refractivity contribution is 7.18. The predicted octanol–water partition coefficient (Wildman–Crippen LogP) is 3.98. The molecule has 0 unspecified atom stereocenters. The molecule has 28 heavy (non-hydrogen) atoms. The average molecular weight is 398 g/mol. The Bertz CT molecular complexity index is 996. The first-order chi connectivity index (χ1) is 13.6. The number of ether oxygens (including phenoxy) is 2. The van der Waals surface area contributed by atoms with Crippen LogP contribution < -0.4 is 14.8 Å². The Morgan fingerprint density at radius 1 is 1.14 bits per heavy atom. The van der Waals surface area contributed by atoms with Crippen LogP contribution in [0.1, 0.15) is 32.7 Å². The van der Waals surface area contributed by atoms with Gasteiger partial charge in [0.15, 0.2) is 17.3 Å². The number of benzene rings is 1. The molecule has 0 spiro atoms. The maximum Gasteiger partial charge on any atom is 0.291 e. The molecule has 1 N–H and O–H groups in total. The molecule has 4 rings (SSSR count). The van der Waals surface area contributed by atoms with Crippen molar-refractivity contribution in [3.63, 3.8) is 0 Å². The van der Waals surface area contributed by atoms with Gasteiger partial charge in [-0.1, -0.05) is 6.07 Å². The molecule has 0 fully saturated rings. The van der Waals surface area contributed by atoms with Gasteiger partial charge >= 0.3 is 0 Å². The monoisotopic (exact) mass is 398 g/mol. The van der Waals surface area contributed by atoms with Gasteiger partial charge in [-0.15, -0.1) is 11.3 Å². The van der Waals surface area contributed by atoms with E-state index in [0.29, 0.717) is 34.5 Å². The number of carbonyl (C=O) groups is 2. The third-order valence-electron chi connectivity index (χ3n) is 4.28. The molecule has 7 nitrogen and oxygen atoms in total. The number of furan rings is 1. The molecule has 0 atom stereocenters. The number of thiophene rings is 1. The van der Waals surface area contributed by atoms with E-state index in [1.807, 2.05) is 25.1 Å². The lowest BCUT2D eigenvalue weighted by atomic mass is 10.2. The topological polar surface area (TPSA) is 81.0 Å². The molecule has 0 bridgehead atoms. The fourth-order valence-corrected chi connectivity index (χ4v) is 3.71. The van der Waals surface area contributed by atoms with E-state index in [0.717, 1.165) is 5.56 Å². The van der Waals surface area contributed by atoms with E-state index >= 15 is 0 Å². The van der Waals surface area contributed by atoms with Crippen molar-refractivity contribution in [3.8, 4) is 11.5 Å². The van der Waals surface area contributed by atoms with Crippen molar-refractivity contribution in [2.75, 3.05) is 18.7 Å². The highest BCUT2D eigenvalue weighted by atomic mass is 32.1. The minimum atomic E-state index is -0.349. The van der Waals surface area contributed by atoms with Crippen LogP contribution in [0.4, 0.5) is 5.00 Å². The minimum Gasteiger partial charge on any atom is -0.459 e. The Hall–Kier alpha value is -3.26. The van der Waals surface area contributed by atoms with Gasteiger partial charge in [-0.3, -0.25) is 9.59 Å². The Morgan fingerprint density at radius 2 is 2.00 bits per heavy atom. The van der Waals surface area contributed by atoms with Crippen LogP contribution in [-0.2, 0) is 6.54 Å². The average Bonchev–Trinajstić information content (AvgIpc) is 3.46. The zero-order chi connectivity index (χ0) is 19.5. The molecule has 144 valence electrons. The van der Waals surface area contributed by atoms with Crippen LogP contribution >= 0.6 is 11.3 Å². The number of nitrogens with one attached hydrogen (secondary N) is 1. The second-order valence-electron chi connectivity index (χ2n) is 6.10. The molecule has 0 saturated heterocycles.